The maximum atomic E-state index is 13.2. The molecule has 6 heteroatoms. The maximum Gasteiger partial charge on any atom is 0.278 e. The van der Waals surface area contributed by atoms with Gasteiger partial charge in [0.2, 0.25) is 0 Å². The summed E-state index contributed by atoms with van der Waals surface area (Å²) >= 11 is 0. The first-order valence-corrected chi connectivity index (χ1v) is 5.49. The van der Waals surface area contributed by atoms with E-state index in [0.717, 1.165) is 0 Å². The second kappa shape index (κ2) is 4.87. The van der Waals surface area contributed by atoms with E-state index in [-0.39, 0.29) is 17.3 Å². The lowest BCUT2D eigenvalue weighted by Gasteiger charge is -2.20. The van der Waals surface area contributed by atoms with Crippen LogP contribution in [-0.4, -0.2) is 22.6 Å². The summed E-state index contributed by atoms with van der Waals surface area (Å²) in [6.07, 6.45) is 1.37. The highest BCUT2D eigenvalue weighted by Crippen LogP contribution is 2.19. The molecule has 0 spiro atoms. The number of aromatic nitrogens is 2. The Bertz CT molecular complexity index is 567. The molecule has 5 nitrogen and oxygen atoms in total. The number of anilines is 2. The van der Waals surface area contributed by atoms with Crippen molar-refractivity contribution >= 4 is 17.3 Å². The number of nitrogens with zero attached hydrogens (tertiary/aromatic N) is 2. The highest BCUT2D eigenvalue weighted by atomic mass is 19.1. The van der Waals surface area contributed by atoms with E-state index in [4.69, 9.17) is 5.73 Å². The minimum Gasteiger partial charge on any atom is -0.396 e. The van der Waals surface area contributed by atoms with Crippen LogP contribution in [0.1, 0.15) is 17.4 Å². The van der Waals surface area contributed by atoms with E-state index in [1.165, 1.54) is 23.2 Å². The minimum atomic E-state index is -0.392. The van der Waals surface area contributed by atoms with Crippen LogP contribution in [0.4, 0.5) is 15.8 Å². The van der Waals surface area contributed by atoms with Crippen LogP contribution in [0.25, 0.3) is 0 Å². The van der Waals surface area contributed by atoms with Crippen LogP contribution in [0.3, 0.4) is 0 Å². The van der Waals surface area contributed by atoms with Crippen LogP contribution in [0.2, 0.25) is 0 Å². The molecule has 0 aliphatic heterocycles. The van der Waals surface area contributed by atoms with Crippen LogP contribution in [-0.2, 0) is 0 Å². The summed E-state index contributed by atoms with van der Waals surface area (Å²) in [6, 6.07) is 5.84. The molecule has 1 amide bonds. The minimum absolute atomic E-state index is 0.209. The number of hydrogen-bond acceptors (Lipinski definition) is 3. The zero-order valence-electron chi connectivity index (χ0n) is 9.85. The van der Waals surface area contributed by atoms with Crippen molar-refractivity contribution in [3.05, 3.63) is 42.0 Å². The molecule has 0 saturated carbocycles. The summed E-state index contributed by atoms with van der Waals surface area (Å²) in [5.74, 6) is -0.727. The number of rotatable bonds is 3. The Balaban J connectivity index is 2.35. The number of nitrogens with one attached hydrogen (secondary N) is 1. The Labute approximate surface area is 103 Å². The van der Waals surface area contributed by atoms with Crippen molar-refractivity contribution < 1.29 is 9.18 Å². The van der Waals surface area contributed by atoms with Gasteiger partial charge in [-0.05, 0) is 25.1 Å². The number of carbonyl (C=O) groups excluding carboxylic acids is 1. The molecule has 1 aromatic carbocycles. The lowest BCUT2D eigenvalue weighted by molar-refractivity contribution is 0.0984. The summed E-state index contributed by atoms with van der Waals surface area (Å²) in [4.78, 5) is 13.6. The van der Waals surface area contributed by atoms with Crippen molar-refractivity contribution in [1.29, 1.82) is 0 Å². The number of amides is 1. The maximum absolute atomic E-state index is 13.2. The summed E-state index contributed by atoms with van der Waals surface area (Å²) in [7, 11) is 0. The van der Waals surface area contributed by atoms with Crippen molar-refractivity contribution in [3.63, 3.8) is 0 Å². The predicted molar refractivity (Wildman–Crippen MR) is 66.8 cm³/mol. The van der Waals surface area contributed by atoms with Crippen LogP contribution < -0.4 is 10.6 Å². The number of H-pyrrole nitrogens is 1. The number of carbonyl (C=O) groups is 1. The Kier molecular flexibility index (Phi) is 3.27. The number of hydrogen-bond donors (Lipinski definition) is 2. The Morgan fingerprint density at radius 2 is 2.33 bits per heavy atom. The fourth-order valence-corrected chi connectivity index (χ4v) is 1.69. The molecule has 2 aromatic rings. The Hall–Kier alpha value is -2.37. The van der Waals surface area contributed by atoms with Gasteiger partial charge in [-0.2, -0.15) is 5.10 Å². The van der Waals surface area contributed by atoms with E-state index in [1.54, 1.807) is 19.1 Å². The first kappa shape index (κ1) is 12.1. The number of nitrogen functional groups attached to an aromatic ring is 1. The number of halogens is 1. The van der Waals surface area contributed by atoms with Gasteiger partial charge in [-0.25, -0.2) is 4.39 Å². The fourth-order valence-electron chi connectivity index (χ4n) is 1.69. The standard InChI is InChI=1S/C12H13FN4O/c1-2-17(9-5-3-4-8(13)6-9)12(18)11-10(14)7-15-16-11/h3-7H,2,14H2,1H3,(H,15,16). The van der Waals surface area contributed by atoms with E-state index in [1.807, 2.05) is 0 Å². The highest BCUT2D eigenvalue weighted by Gasteiger charge is 2.20. The van der Waals surface area contributed by atoms with Gasteiger partial charge in [-0.1, -0.05) is 6.07 Å². The SMILES string of the molecule is CCN(C(=O)c1[nH]ncc1N)c1cccc(F)c1. The van der Waals surface area contributed by atoms with E-state index < -0.39 is 5.82 Å². The molecule has 94 valence electrons. The van der Waals surface area contributed by atoms with Crippen LogP contribution in [0.5, 0.6) is 0 Å². The zero-order chi connectivity index (χ0) is 13.1. The van der Waals surface area contributed by atoms with Crippen molar-refractivity contribution in [3.8, 4) is 0 Å². The van der Waals surface area contributed by atoms with Gasteiger partial charge in [0.1, 0.15) is 11.5 Å². The molecule has 0 aliphatic carbocycles. The second-order valence-corrected chi connectivity index (χ2v) is 3.73. The first-order valence-electron chi connectivity index (χ1n) is 5.49. The average Bonchev–Trinajstić information content (AvgIpc) is 2.76. The van der Waals surface area contributed by atoms with Crippen molar-refractivity contribution in [2.24, 2.45) is 0 Å². The topological polar surface area (TPSA) is 75.0 Å². The van der Waals surface area contributed by atoms with Crippen molar-refractivity contribution in [2.75, 3.05) is 17.2 Å². The summed E-state index contributed by atoms with van der Waals surface area (Å²) < 4.78 is 13.2. The van der Waals surface area contributed by atoms with Crippen molar-refractivity contribution in [1.82, 2.24) is 10.2 Å². The smallest absolute Gasteiger partial charge is 0.278 e. The summed E-state index contributed by atoms with van der Waals surface area (Å²) in [5.41, 5.74) is 6.59. The molecule has 0 saturated heterocycles. The molecule has 18 heavy (non-hydrogen) atoms. The van der Waals surface area contributed by atoms with Crippen LogP contribution >= 0.6 is 0 Å². The predicted octanol–water partition coefficient (Wildman–Crippen LogP) is 1.80. The third kappa shape index (κ3) is 2.17. The molecule has 0 fully saturated rings. The van der Waals surface area contributed by atoms with E-state index in [2.05, 4.69) is 10.2 Å². The van der Waals surface area contributed by atoms with Crippen molar-refractivity contribution in [2.45, 2.75) is 6.92 Å². The zero-order valence-corrected chi connectivity index (χ0v) is 9.85. The number of benzene rings is 1. The molecule has 1 heterocycles. The van der Waals surface area contributed by atoms with Gasteiger partial charge in [0.05, 0.1) is 11.9 Å². The third-order valence-electron chi connectivity index (χ3n) is 2.56. The van der Waals surface area contributed by atoms with E-state index >= 15 is 0 Å². The van der Waals surface area contributed by atoms with Gasteiger partial charge in [0, 0.05) is 12.2 Å². The molecule has 0 aliphatic rings. The quantitative estimate of drug-likeness (QED) is 0.869. The number of aromatic amines is 1. The van der Waals surface area contributed by atoms with Gasteiger partial charge in [-0.15, -0.1) is 0 Å². The fraction of sp³-hybridized carbons (Fsp3) is 0.167. The average molecular weight is 248 g/mol. The van der Waals surface area contributed by atoms with Gasteiger partial charge < -0.3 is 10.6 Å². The Morgan fingerprint density at radius 1 is 1.56 bits per heavy atom. The monoisotopic (exact) mass is 248 g/mol. The molecule has 0 bridgehead atoms. The van der Waals surface area contributed by atoms with E-state index in [9.17, 15) is 9.18 Å². The summed E-state index contributed by atoms with van der Waals surface area (Å²) in [5, 5.41) is 6.24. The molecule has 0 unspecified atom stereocenters. The van der Waals surface area contributed by atoms with Crippen LogP contribution in [0.15, 0.2) is 30.5 Å². The molecule has 0 radical (unpaired) electrons. The molecule has 0 atom stereocenters. The van der Waals surface area contributed by atoms with Gasteiger partial charge in [-0.3, -0.25) is 9.89 Å². The van der Waals surface area contributed by atoms with Gasteiger partial charge >= 0.3 is 0 Å². The largest absolute Gasteiger partial charge is 0.396 e. The lowest BCUT2D eigenvalue weighted by atomic mass is 10.2. The highest BCUT2D eigenvalue weighted by molar-refractivity contribution is 6.07. The van der Waals surface area contributed by atoms with Gasteiger partial charge in [0.25, 0.3) is 5.91 Å². The normalized spacial score (nSPS) is 10.3. The van der Waals surface area contributed by atoms with Gasteiger partial charge in [0.15, 0.2) is 0 Å². The molecular formula is C12H13FN4O. The summed E-state index contributed by atoms with van der Waals surface area (Å²) in [6.45, 7) is 2.20. The molecular weight excluding hydrogens is 235 g/mol. The van der Waals surface area contributed by atoms with E-state index in [0.29, 0.717) is 12.2 Å². The third-order valence-corrected chi connectivity index (χ3v) is 2.56. The lowest BCUT2D eigenvalue weighted by Crippen LogP contribution is -2.31. The number of nitrogens with two attached hydrogens (primary N) is 1. The molecule has 3 N–H and O–H groups in total. The molecule has 1 aromatic heterocycles. The van der Waals surface area contributed by atoms with Crippen LogP contribution in [0, 0.1) is 5.82 Å². The second-order valence-electron chi connectivity index (χ2n) is 3.73. The Morgan fingerprint density at radius 3 is 2.89 bits per heavy atom. The molecule has 2 rings (SSSR count). The first-order chi connectivity index (χ1) is 8.63.